The van der Waals surface area contributed by atoms with E-state index in [4.69, 9.17) is 27.9 Å². The molecule has 1 aliphatic heterocycles. The van der Waals surface area contributed by atoms with Gasteiger partial charge in [-0.3, -0.25) is 0 Å². The Labute approximate surface area is 114 Å². The van der Waals surface area contributed by atoms with Crippen molar-refractivity contribution in [3.8, 4) is 0 Å². The molecular formula is C13H10Cl2OS. The van der Waals surface area contributed by atoms with E-state index in [2.05, 4.69) is 11.4 Å². The van der Waals surface area contributed by atoms with Crippen LogP contribution in [0.2, 0.25) is 10.0 Å². The first kappa shape index (κ1) is 11.5. The van der Waals surface area contributed by atoms with Crippen molar-refractivity contribution in [1.29, 1.82) is 0 Å². The van der Waals surface area contributed by atoms with Gasteiger partial charge in [0.1, 0.15) is 0 Å². The highest BCUT2D eigenvalue weighted by atomic mass is 35.5. The number of thiophene rings is 1. The van der Waals surface area contributed by atoms with Crippen LogP contribution in [0.1, 0.15) is 21.9 Å². The maximum atomic E-state index is 6.06. The molecule has 0 saturated heterocycles. The van der Waals surface area contributed by atoms with Gasteiger partial charge in [0.05, 0.1) is 23.3 Å². The summed E-state index contributed by atoms with van der Waals surface area (Å²) >= 11 is 13.8. The van der Waals surface area contributed by atoms with Crippen LogP contribution in [0.25, 0.3) is 0 Å². The molecule has 17 heavy (non-hydrogen) atoms. The van der Waals surface area contributed by atoms with E-state index >= 15 is 0 Å². The van der Waals surface area contributed by atoms with Crippen molar-refractivity contribution in [2.75, 3.05) is 6.61 Å². The lowest BCUT2D eigenvalue weighted by atomic mass is 9.94. The molecule has 0 amide bonds. The fraction of sp³-hybridized carbons (Fsp3) is 0.231. The molecule has 88 valence electrons. The molecule has 2 heterocycles. The van der Waals surface area contributed by atoms with E-state index in [1.54, 1.807) is 11.3 Å². The molecule has 1 atom stereocenters. The molecule has 1 aliphatic rings. The lowest BCUT2D eigenvalue weighted by Gasteiger charge is -2.23. The van der Waals surface area contributed by atoms with Gasteiger partial charge >= 0.3 is 0 Å². The zero-order valence-electron chi connectivity index (χ0n) is 8.95. The lowest BCUT2D eigenvalue weighted by molar-refractivity contribution is 0.101. The number of fused-ring (bicyclic) bond motifs is 1. The predicted molar refractivity (Wildman–Crippen MR) is 72.3 cm³/mol. The standard InChI is InChI=1S/C13H10Cl2OS/c14-11-2-1-8(5-12(11)15)10-7-16-6-9-3-4-17-13(9)10/h1-5,10H,6-7H2. The molecule has 0 bridgehead atoms. The van der Waals surface area contributed by atoms with Gasteiger partial charge in [-0.05, 0) is 34.7 Å². The van der Waals surface area contributed by atoms with Crippen LogP contribution in [-0.2, 0) is 11.3 Å². The molecular weight excluding hydrogens is 275 g/mol. The summed E-state index contributed by atoms with van der Waals surface area (Å²) < 4.78 is 5.62. The van der Waals surface area contributed by atoms with Crippen molar-refractivity contribution in [2.45, 2.75) is 12.5 Å². The van der Waals surface area contributed by atoms with Crippen molar-refractivity contribution < 1.29 is 4.74 Å². The Morgan fingerprint density at radius 2 is 2.06 bits per heavy atom. The van der Waals surface area contributed by atoms with Gasteiger partial charge in [0.2, 0.25) is 0 Å². The Bertz CT molecular complexity index is 550. The summed E-state index contributed by atoms with van der Waals surface area (Å²) in [6.07, 6.45) is 0. The quantitative estimate of drug-likeness (QED) is 0.736. The Hall–Kier alpha value is -0.540. The minimum absolute atomic E-state index is 0.286. The van der Waals surface area contributed by atoms with Crippen molar-refractivity contribution in [2.24, 2.45) is 0 Å². The number of hydrogen-bond acceptors (Lipinski definition) is 2. The molecule has 0 saturated carbocycles. The molecule has 3 rings (SSSR count). The molecule has 1 aromatic heterocycles. The van der Waals surface area contributed by atoms with Gasteiger partial charge in [-0.25, -0.2) is 0 Å². The van der Waals surface area contributed by atoms with Gasteiger partial charge in [-0.15, -0.1) is 11.3 Å². The molecule has 1 unspecified atom stereocenters. The fourth-order valence-electron chi connectivity index (χ4n) is 2.11. The maximum Gasteiger partial charge on any atom is 0.0728 e. The van der Waals surface area contributed by atoms with E-state index in [9.17, 15) is 0 Å². The number of halogens is 2. The Morgan fingerprint density at radius 1 is 1.18 bits per heavy atom. The molecule has 0 fully saturated rings. The first-order valence-electron chi connectivity index (χ1n) is 5.34. The topological polar surface area (TPSA) is 9.23 Å². The Balaban J connectivity index is 2.03. The summed E-state index contributed by atoms with van der Waals surface area (Å²) in [6, 6.07) is 7.94. The second kappa shape index (κ2) is 4.62. The van der Waals surface area contributed by atoms with Gasteiger partial charge < -0.3 is 4.74 Å². The highest BCUT2D eigenvalue weighted by molar-refractivity contribution is 7.10. The average Bonchev–Trinajstić information content (AvgIpc) is 2.80. The summed E-state index contributed by atoms with van der Waals surface area (Å²) in [6.45, 7) is 1.43. The Kier molecular flexibility index (Phi) is 3.14. The molecule has 2 aromatic rings. The van der Waals surface area contributed by atoms with Crippen LogP contribution >= 0.6 is 34.5 Å². The smallest absolute Gasteiger partial charge is 0.0728 e. The first-order chi connectivity index (χ1) is 8.25. The van der Waals surface area contributed by atoms with Gasteiger partial charge in [0, 0.05) is 10.8 Å². The highest BCUT2D eigenvalue weighted by Crippen LogP contribution is 2.37. The van der Waals surface area contributed by atoms with E-state index in [1.807, 2.05) is 18.2 Å². The van der Waals surface area contributed by atoms with E-state index in [0.717, 1.165) is 6.61 Å². The largest absolute Gasteiger partial charge is 0.376 e. The van der Waals surface area contributed by atoms with Crippen molar-refractivity contribution >= 4 is 34.5 Å². The summed E-state index contributed by atoms with van der Waals surface area (Å²) in [5, 5.41) is 3.32. The second-order valence-corrected chi connectivity index (χ2v) is 5.81. The number of rotatable bonds is 1. The summed E-state index contributed by atoms with van der Waals surface area (Å²) in [7, 11) is 0. The maximum absolute atomic E-state index is 6.06. The van der Waals surface area contributed by atoms with Crippen LogP contribution in [0.3, 0.4) is 0 Å². The van der Waals surface area contributed by atoms with E-state index < -0.39 is 0 Å². The zero-order chi connectivity index (χ0) is 11.8. The van der Waals surface area contributed by atoms with Gasteiger partial charge in [-0.2, -0.15) is 0 Å². The van der Waals surface area contributed by atoms with E-state index in [0.29, 0.717) is 16.7 Å². The number of benzene rings is 1. The summed E-state index contributed by atoms with van der Waals surface area (Å²) in [5.74, 6) is 0.286. The van der Waals surface area contributed by atoms with Gasteiger partial charge in [-0.1, -0.05) is 29.3 Å². The van der Waals surface area contributed by atoms with Crippen molar-refractivity contribution in [1.82, 2.24) is 0 Å². The van der Waals surface area contributed by atoms with Crippen LogP contribution in [0.5, 0.6) is 0 Å². The van der Waals surface area contributed by atoms with Crippen molar-refractivity contribution in [3.63, 3.8) is 0 Å². The zero-order valence-corrected chi connectivity index (χ0v) is 11.3. The summed E-state index contributed by atoms with van der Waals surface area (Å²) in [4.78, 5) is 1.38. The van der Waals surface area contributed by atoms with Crippen LogP contribution < -0.4 is 0 Å². The third kappa shape index (κ3) is 2.11. The van der Waals surface area contributed by atoms with Crippen LogP contribution in [-0.4, -0.2) is 6.61 Å². The molecule has 4 heteroatoms. The molecule has 1 aromatic carbocycles. The molecule has 0 radical (unpaired) electrons. The van der Waals surface area contributed by atoms with Crippen LogP contribution in [0.15, 0.2) is 29.6 Å². The van der Waals surface area contributed by atoms with Crippen LogP contribution in [0.4, 0.5) is 0 Å². The minimum Gasteiger partial charge on any atom is -0.376 e. The predicted octanol–water partition coefficient (Wildman–Crippen LogP) is 4.72. The van der Waals surface area contributed by atoms with Crippen LogP contribution in [0, 0.1) is 0 Å². The number of hydrogen-bond donors (Lipinski definition) is 0. The second-order valence-electron chi connectivity index (χ2n) is 4.05. The van der Waals surface area contributed by atoms with Gasteiger partial charge in [0.25, 0.3) is 0 Å². The third-order valence-electron chi connectivity index (χ3n) is 2.99. The molecule has 0 aliphatic carbocycles. The third-order valence-corrected chi connectivity index (χ3v) is 4.80. The van der Waals surface area contributed by atoms with Crippen molar-refractivity contribution in [3.05, 3.63) is 55.7 Å². The molecule has 1 nitrogen and oxygen atoms in total. The number of ether oxygens (including phenoxy) is 1. The minimum atomic E-state index is 0.286. The SMILES string of the molecule is Clc1ccc(C2COCc3ccsc32)cc1Cl. The monoisotopic (exact) mass is 284 g/mol. The van der Waals surface area contributed by atoms with Gasteiger partial charge in [0.15, 0.2) is 0 Å². The van der Waals surface area contributed by atoms with E-state index in [-0.39, 0.29) is 5.92 Å². The summed E-state index contributed by atoms with van der Waals surface area (Å²) in [5.41, 5.74) is 2.46. The fourth-order valence-corrected chi connectivity index (χ4v) is 3.44. The molecule has 0 spiro atoms. The first-order valence-corrected chi connectivity index (χ1v) is 6.98. The Morgan fingerprint density at radius 3 is 2.88 bits per heavy atom. The van der Waals surface area contributed by atoms with E-state index in [1.165, 1.54) is 16.0 Å². The molecule has 0 N–H and O–H groups in total. The lowest BCUT2D eigenvalue weighted by Crippen LogP contribution is -2.15. The normalized spacial score (nSPS) is 19.1. The highest BCUT2D eigenvalue weighted by Gasteiger charge is 2.24. The average molecular weight is 285 g/mol.